The summed E-state index contributed by atoms with van der Waals surface area (Å²) in [6.45, 7) is 3.66. The molecule has 1 saturated heterocycles. The summed E-state index contributed by atoms with van der Waals surface area (Å²) in [7, 11) is 0. The second-order valence-corrected chi connectivity index (χ2v) is 8.74. The molecule has 1 amide bonds. The molecule has 3 heterocycles. The number of benzene rings is 2. The van der Waals surface area contributed by atoms with E-state index in [4.69, 9.17) is 4.42 Å². The lowest BCUT2D eigenvalue weighted by Crippen LogP contribution is -2.49. The van der Waals surface area contributed by atoms with Crippen molar-refractivity contribution in [1.29, 1.82) is 0 Å². The number of furan rings is 1. The van der Waals surface area contributed by atoms with Crippen LogP contribution in [0.25, 0.3) is 10.9 Å². The standard InChI is InChI=1S/C25H25N5O2S/c31-23(30-14-12-29(13-15-30)19-7-2-1-3-8-19)18-33-25-27-22-11-5-4-10-21(22)24(28-25)26-17-20-9-6-16-32-20/h1-11,16H,12-15,17-18H2,(H,26,27,28). The van der Waals surface area contributed by atoms with Crippen LogP contribution in [-0.2, 0) is 11.3 Å². The van der Waals surface area contributed by atoms with Crippen LogP contribution in [0.3, 0.4) is 0 Å². The van der Waals surface area contributed by atoms with E-state index in [0.29, 0.717) is 17.5 Å². The van der Waals surface area contributed by atoms with Crippen molar-refractivity contribution in [3.8, 4) is 0 Å². The highest BCUT2D eigenvalue weighted by molar-refractivity contribution is 7.99. The molecule has 0 aliphatic carbocycles. The van der Waals surface area contributed by atoms with Crippen molar-refractivity contribution >= 4 is 40.1 Å². The van der Waals surface area contributed by atoms with Gasteiger partial charge >= 0.3 is 0 Å². The zero-order valence-electron chi connectivity index (χ0n) is 18.2. The highest BCUT2D eigenvalue weighted by Crippen LogP contribution is 2.25. The zero-order chi connectivity index (χ0) is 22.5. The van der Waals surface area contributed by atoms with Crippen LogP contribution in [-0.4, -0.2) is 52.7 Å². The number of piperazine rings is 1. The molecule has 0 unspecified atom stereocenters. The lowest BCUT2D eigenvalue weighted by atomic mass is 10.2. The normalized spacial score (nSPS) is 13.9. The van der Waals surface area contributed by atoms with E-state index in [9.17, 15) is 4.79 Å². The summed E-state index contributed by atoms with van der Waals surface area (Å²) in [5, 5.41) is 4.87. The van der Waals surface area contributed by atoms with Crippen molar-refractivity contribution in [2.24, 2.45) is 0 Å². The number of aromatic nitrogens is 2. The monoisotopic (exact) mass is 459 g/mol. The highest BCUT2D eigenvalue weighted by Gasteiger charge is 2.21. The van der Waals surface area contributed by atoms with Crippen LogP contribution in [0.5, 0.6) is 0 Å². The van der Waals surface area contributed by atoms with Crippen LogP contribution in [0.2, 0.25) is 0 Å². The SMILES string of the molecule is O=C(CSc1nc(NCc2ccco2)c2ccccc2n1)N1CCN(c2ccccc2)CC1. The van der Waals surface area contributed by atoms with Crippen molar-refractivity contribution in [2.45, 2.75) is 11.7 Å². The number of hydrogen-bond donors (Lipinski definition) is 1. The zero-order valence-corrected chi connectivity index (χ0v) is 19.0. The minimum absolute atomic E-state index is 0.120. The Morgan fingerprint density at radius 2 is 1.73 bits per heavy atom. The fourth-order valence-corrected chi connectivity index (χ4v) is 4.66. The summed E-state index contributed by atoms with van der Waals surface area (Å²) in [6, 6.07) is 22.0. The van der Waals surface area contributed by atoms with E-state index in [1.54, 1.807) is 6.26 Å². The molecule has 7 nitrogen and oxygen atoms in total. The summed E-state index contributed by atoms with van der Waals surface area (Å²) >= 11 is 1.38. The Morgan fingerprint density at radius 3 is 2.52 bits per heavy atom. The van der Waals surface area contributed by atoms with Crippen molar-refractivity contribution in [3.05, 3.63) is 78.8 Å². The van der Waals surface area contributed by atoms with E-state index in [2.05, 4.69) is 32.3 Å². The smallest absolute Gasteiger partial charge is 0.233 e. The van der Waals surface area contributed by atoms with Gasteiger partial charge in [0.15, 0.2) is 5.16 Å². The maximum absolute atomic E-state index is 12.8. The molecule has 1 aliphatic heterocycles. The number of carbonyl (C=O) groups is 1. The number of anilines is 2. The van der Waals surface area contributed by atoms with Gasteiger partial charge in [-0.05, 0) is 36.4 Å². The molecule has 33 heavy (non-hydrogen) atoms. The summed E-state index contributed by atoms with van der Waals surface area (Å²) < 4.78 is 5.41. The van der Waals surface area contributed by atoms with E-state index in [1.807, 2.05) is 59.5 Å². The maximum Gasteiger partial charge on any atom is 0.233 e. The molecule has 0 radical (unpaired) electrons. The summed E-state index contributed by atoms with van der Waals surface area (Å²) in [4.78, 5) is 26.4. The van der Waals surface area contributed by atoms with Crippen LogP contribution < -0.4 is 10.2 Å². The Morgan fingerprint density at radius 1 is 0.939 bits per heavy atom. The number of amides is 1. The van der Waals surface area contributed by atoms with Crippen LogP contribution in [0, 0.1) is 0 Å². The lowest BCUT2D eigenvalue weighted by molar-refractivity contribution is -0.128. The second kappa shape index (κ2) is 9.95. The van der Waals surface area contributed by atoms with Gasteiger partial charge < -0.3 is 19.5 Å². The Kier molecular flexibility index (Phi) is 6.44. The van der Waals surface area contributed by atoms with Crippen molar-refractivity contribution < 1.29 is 9.21 Å². The summed E-state index contributed by atoms with van der Waals surface area (Å²) in [6.07, 6.45) is 1.65. The van der Waals surface area contributed by atoms with Gasteiger partial charge in [-0.1, -0.05) is 42.1 Å². The Labute approximate surface area is 196 Å². The molecular formula is C25H25N5O2S. The van der Waals surface area contributed by atoms with Gasteiger partial charge in [0.1, 0.15) is 11.6 Å². The van der Waals surface area contributed by atoms with Crippen LogP contribution in [0.1, 0.15) is 5.76 Å². The average molecular weight is 460 g/mol. The second-order valence-electron chi connectivity index (χ2n) is 7.80. The minimum atomic E-state index is 0.120. The first-order valence-electron chi connectivity index (χ1n) is 11.0. The van der Waals surface area contributed by atoms with Gasteiger partial charge in [0, 0.05) is 37.3 Å². The van der Waals surface area contributed by atoms with Gasteiger partial charge in [-0.25, -0.2) is 9.97 Å². The van der Waals surface area contributed by atoms with Gasteiger partial charge in [0.25, 0.3) is 0 Å². The summed E-state index contributed by atoms with van der Waals surface area (Å²) in [5.41, 5.74) is 2.05. The molecule has 0 atom stereocenters. The molecule has 0 saturated carbocycles. The molecule has 168 valence electrons. The topological polar surface area (TPSA) is 74.5 Å². The first-order valence-corrected chi connectivity index (χ1v) is 12.0. The molecule has 4 aromatic rings. The fraction of sp³-hybridized carbons (Fsp3) is 0.240. The lowest BCUT2D eigenvalue weighted by Gasteiger charge is -2.36. The first kappa shape index (κ1) is 21.3. The van der Waals surface area contributed by atoms with E-state index < -0.39 is 0 Å². The number of para-hydroxylation sites is 2. The van der Waals surface area contributed by atoms with E-state index >= 15 is 0 Å². The highest BCUT2D eigenvalue weighted by atomic mass is 32.2. The number of nitrogens with zero attached hydrogens (tertiary/aromatic N) is 4. The molecule has 2 aromatic heterocycles. The third kappa shape index (κ3) is 5.12. The number of thioether (sulfide) groups is 1. The van der Waals surface area contributed by atoms with Gasteiger partial charge in [-0.15, -0.1) is 0 Å². The third-order valence-electron chi connectivity index (χ3n) is 5.67. The van der Waals surface area contributed by atoms with Crippen molar-refractivity contribution in [3.63, 3.8) is 0 Å². The van der Waals surface area contributed by atoms with Crippen molar-refractivity contribution in [2.75, 3.05) is 42.1 Å². The quantitative estimate of drug-likeness (QED) is 0.327. The molecule has 8 heteroatoms. The Balaban J connectivity index is 1.21. The molecule has 2 aromatic carbocycles. The number of carbonyl (C=O) groups excluding carboxylic acids is 1. The predicted molar refractivity (Wildman–Crippen MR) is 132 cm³/mol. The largest absolute Gasteiger partial charge is 0.467 e. The van der Waals surface area contributed by atoms with Gasteiger partial charge in [0.05, 0.1) is 24.1 Å². The molecule has 0 spiro atoms. The Hall–Kier alpha value is -3.52. The third-order valence-corrected chi connectivity index (χ3v) is 6.50. The number of fused-ring (bicyclic) bond motifs is 1. The molecule has 1 N–H and O–H groups in total. The summed E-state index contributed by atoms with van der Waals surface area (Å²) in [5.74, 6) is 2.01. The number of hydrogen-bond acceptors (Lipinski definition) is 7. The van der Waals surface area contributed by atoms with E-state index in [-0.39, 0.29) is 5.91 Å². The molecule has 1 fully saturated rings. The molecule has 1 aliphatic rings. The molecular weight excluding hydrogens is 434 g/mol. The van der Waals surface area contributed by atoms with Crippen molar-refractivity contribution in [1.82, 2.24) is 14.9 Å². The van der Waals surface area contributed by atoms with Gasteiger partial charge in [0.2, 0.25) is 5.91 Å². The van der Waals surface area contributed by atoms with Crippen LogP contribution >= 0.6 is 11.8 Å². The number of rotatable bonds is 7. The van der Waals surface area contributed by atoms with Gasteiger partial charge in [-0.3, -0.25) is 4.79 Å². The van der Waals surface area contributed by atoms with E-state index in [1.165, 1.54) is 17.4 Å². The van der Waals surface area contributed by atoms with E-state index in [0.717, 1.165) is 48.7 Å². The minimum Gasteiger partial charge on any atom is -0.467 e. The Bertz CT molecular complexity index is 1210. The first-order chi connectivity index (χ1) is 16.3. The fourth-order valence-electron chi connectivity index (χ4n) is 3.91. The molecule has 5 rings (SSSR count). The number of nitrogens with one attached hydrogen (secondary N) is 1. The molecule has 0 bridgehead atoms. The maximum atomic E-state index is 12.8. The van der Waals surface area contributed by atoms with Crippen LogP contribution in [0.15, 0.2) is 82.6 Å². The predicted octanol–water partition coefficient (Wildman–Crippen LogP) is 4.28. The average Bonchev–Trinajstić information content (AvgIpc) is 3.40. The van der Waals surface area contributed by atoms with Crippen LogP contribution in [0.4, 0.5) is 11.5 Å². The van der Waals surface area contributed by atoms with Gasteiger partial charge in [-0.2, -0.15) is 0 Å².